The molecule has 0 radical (unpaired) electrons. The Bertz CT molecular complexity index is 2880. The molecule has 0 aliphatic carbocycles. The Kier molecular flexibility index (Phi) is 32.6. The molecule has 1 unspecified atom stereocenters. The average Bonchev–Trinajstić information content (AvgIpc) is 1.81. The van der Waals surface area contributed by atoms with Crippen molar-refractivity contribution in [3.63, 3.8) is 0 Å². The van der Waals surface area contributed by atoms with Crippen LogP contribution >= 0.6 is 0 Å². The summed E-state index contributed by atoms with van der Waals surface area (Å²) in [6.07, 6.45) is 2.02. The van der Waals surface area contributed by atoms with Crippen LogP contribution in [0.25, 0.3) is 0 Å². The van der Waals surface area contributed by atoms with E-state index in [0.717, 1.165) is 12.0 Å². The molecule has 2 aliphatic heterocycles. The number of amides is 12. The smallest absolute Gasteiger partial charge is 0.410 e. The van der Waals surface area contributed by atoms with Gasteiger partial charge in [-0.05, 0) is 98.3 Å². The van der Waals surface area contributed by atoms with Crippen molar-refractivity contribution in [3.8, 4) is 0 Å². The quantitative estimate of drug-likeness (QED) is 0.0268. The largest absolute Gasteiger partial charge is 0.445 e. The van der Waals surface area contributed by atoms with Gasteiger partial charge in [0.15, 0.2) is 0 Å². The van der Waals surface area contributed by atoms with Gasteiger partial charge in [-0.25, -0.2) is 9.59 Å². The number of imide groups is 1. The molecule has 25 heteroatoms. The molecule has 2 heterocycles. The van der Waals surface area contributed by atoms with Gasteiger partial charge in [-0.15, -0.1) is 0 Å². The second kappa shape index (κ2) is 38.8. The predicted molar refractivity (Wildman–Crippen MR) is 361 cm³/mol. The third-order valence-corrected chi connectivity index (χ3v) is 18.6. The predicted octanol–water partition coefficient (Wildman–Crippen LogP) is 6.82. The summed E-state index contributed by atoms with van der Waals surface area (Å²) in [6.45, 7) is 22.9. The highest BCUT2D eigenvalue weighted by Crippen LogP contribution is 2.31. The van der Waals surface area contributed by atoms with Crippen LogP contribution in [-0.2, 0) is 64.0 Å². The number of likely N-dealkylation sites (tertiary alicyclic amines) is 2. The fraction of sp³-hybridized carbons (Fsp3) is 0.671. The van der Waals surface area contributed by atoms with Crippen LogP contribution in [0.1, 0.15) is 171 Å². The molecule has 25 nitrogen and oxygen atoms in total. The van der Waals surface area contributed by atoms with Crippen molar-refractivity contribution in [2.45, 2.75) is 215 Å². The minimum absolute atomic E-state index is 0.0595. The third kappa shape index (κ3) is 23.3. The van der Waals surface area contributed by atoms with Gasteiger partial charge in [0.25, 0.3) is 0 Å². The topological polar surface area (TPSA) is 327 Å². The highest BCUT2D eigenvalue weighted by Gasteiger charge is 2.45. The number of nitrogens with zero attached hydrogens (tertiary/aromatic N) is 4. The van der Waals surface area contributed by atoms with Gasteiger partial charge in [-0.3, -0.25) is 53.0 Å². The van der Waals surface area contributed by atoms with Crippen molar-refractivity contribution in [1.82, 2.24) is 46.2 Å². The normalized spacial score (nSPS) is 18.0. The number of urea groups is 1. The van der Waals surface area contributed by atoms with E-state index in [1.807, 2.05) is 85.7 Å². The van der Waals surface area contributed by atoms with E-state index < -0.39 is 95.9 Å². The van der Waals surface area contributed by atoms with Gasteiger partial charge in [0, 0.05) is 72.4 Å². The molecule has 8 N–H and O–H groups in total. The molecular weight excluding hydrogens is 1220 g/mol. The van der Waals surface area contributed by atoms with E-state index >= 15 is 0 Å². The van der Waals surface area contributed by atoms with Crippen LogP contribution in [0.3, 0.4) is 0 Å². The number of benzene rings is 2. The van der Waals surface area contributed by atoms with Crippen molar-refractivity contribution in [3.05, 3.63) is 65.7 Å². The van der Waals surface area contributed by atoms with Crippen LogP contribution in [-0.4, -0.2) is 181 Å². The summed E-state index contributed by atoms with van der Waals surface area (Å²) < 4.78 is 17.8. The number of primary amides is 1. The highest BCUT2D eigenvalue weighted by molar-refractivity contribution is 6.03. The van der Waals surface area contributed by atoms with Crippen LogP contribution in [0, 0.1) is 41.4 Å². The van der Waals surface area contributed by atoms with Crippen molar-refractivity contribution in [1.29, 1.82) is 0 Å². The number of hydrogen-bond donors (Lipinski definition) is 7. The number of carbonyl (C=O) groups is 11. The number of nitrogens with one attached hydrogen (secondary N) is 6. The maximum atomic E-state index is 14.8. The molecule has 95 heavy (non-hydrogen) atoms. The van der Waals surface area contributed by atoms with Gasteiger partial charge in [-0.1, -0.05) is 131 Å². The summed E-state index contributed by atoms with van der Waals surface area (Å²) in [4.78, 5) is 154. The fourth-order valence-corrected chi connectivity index (χ4v) is 12.7. The number of nitrogens with two attached hydrogens (primary N) is 1. The lowest BCUT2D eigenvalue weighted by Gasteiger charge is -2.41. The zero-order valence-electron chi connectivity index (χ0n) is 59.1. The highest BCUT2D eigenvalue weighted by atomic mass is 16.6. The van der Waals surface area contributed by atoms with E-state index in [1.165, 1.54) is 24.0 Å². The lowest BCUT2D eigenvalue weighted by molar-refractivity contribution is -0.148. The average molecular weight is 1330 g/mol. The van der Waals surface area contributed by atoms with Crippen molar-refractivity contribution < 1.29 is 67.0 Å². The zero-order chi connectivity index (χ0) is 71.0. The lowest BCUT2D eigenvalue weighted by atomic mass is 9.89. The summed E-state index contributed by atoms with van der Waals surface area (Å²) >= 11 is 0. The first-order valence-electron chi connectivity index (χ1n) is 33.9. The summed E-state index contributed by atoms with van der Waals surface area (Å²) in [6, 6.07) is 9.89. The maximum absolute atomic E-state index is 14.8. The Labute approximate surface area is 562 Å². The molecule has 0 aromatic heterocycles. The number of carbonyl (C=O) groups excluding carboxylic acids is 11. The van der Waals surface area contributed by atoms with Crippen LogP contribution in [0.15, 0.2) is 54.6 Å². The number of unbranched alkanes of at least 4 members (excludes halogenated alkanes) is 2. The first-order chi connectivity index (χ1) is 44.9. The van der Waals surface area contributed by atoms with Crippen molar-refractivity contribution >= 4 is 71.0 Å². The fourth-order valence-electron chi connectivity index (χ4n) is 12.7. The van der Waals surface area contributed by atoms with E-state index in [9.17, 15) is 52.7 Å². The van der Waals surface area contributed by atoms with Crippen LogP contribution < -0.4 is 37.6 Å². The lowest BCUT2D eigenvalue weighted by Crippen LogP contribution is -2.60. The third-order valence-electron chi connectivity index (χ3n) is 18.6. The molecule has 0 spiro atoms. The van der Waals surface area contributed by atoms with E-state index in [2.05, 4.69) is 31.9 Å². The molecule has 530 valence electrons. The monoisotopic (exact) mass is 1330 g/mol. The molecule has 0 saturated carbocycles. The number of hydrogen-bond acceptors (Lipinski definition) is 14. The van der Waals surface area contributed by atoms with Gasteiger partial charge < -0.3 is 61.6 Å². The van der Waals surface area contributed by atoms with Gasteiger partial charge in [0.2, 0.25) is 53.2 Å². The number of likely N-dealkylation sites (N-methyl/N-ethyl adjacent to an activating group) is 2. The zero-order valence-corrected chi connectivity index (χ0v) is 59.1. The Morgan fingerprint density at radius 3 is 1.93 bits per heavy atom. The maximum Gasteiger partial charge on any atom is 0.410 e. The van der Waals surface area contributed by atoms with Gasteiger partial charge in [0.1, 0.15) is 30.8 Å². The molecule has 2 aromatic carbocycles. The Morgan fingerprint density at radius 1 is 0.705 bits per heavy atom. The molecule has 2 saturated heterocycles. The molecular formula is C70H111N11O14. The van der Waals surface area contributed by atoms with Crippen LogP contribution in [0.5, 0.6) is 0 Å². The number of methoxy groups -OCH3 is 2. The number of anilines is 1. The van der Waals surface area contributed by atoms with E-state index in [0.29, 0.717) is 49.9 Å². The van der Waals surface area contributed by atoms with E-state index in [1.54, 1.807) is 75.9 Å². The molecule has 2 aromatic rings. The molecule has 2 aliphatic rings. The van der Waals surface area contributed by atoms with E-state index in [4.69, 9.17) is 19.9 Å². The standard InChI is InChI=1S/C70H111N11O14/c1-17-45(10)61(54(93-15)39-57(84)80-37-25-29-53(80)62(94-16)46(11)63(85)73-47(12)49-26-20-18-21-27-49)78(13)68(90)59(43(6)7)77-66(88)60(44(8)9)79(14)70(92)95-40-48-31-33-50(34-32-48)74-64(86)52(28-24-35-72-69(71)91)75-65(87)58(42(4)5)76-55(82)30-22-19-23-36-81-56(83)38-51(41(2)3)67(81)89/h18,20-21,26-27,31-34,41-47,51-54,58-62H,17,19,22-25,28-30,35-40H2,1-16H3,(H,73,85)(H,74,86)(H,75,87)(H,76,82)(H,77,88)(H3,71,72,91)/t45-,46+,47+,51?,52-,53-,54+,58-,59-,60-,61-,62+/m0/s1. The molecule has 0 bridgehead atoms. The van der Waals surface area contributed by atoms with E-state index in [-0.39, 0.29) is 117 Å². The molecule has 12 amide bonds. The second-order valence-electron chi connectivity index (χ2n) is 27.0. The molecule has 12 atom stereocenters. The van der Waals surface area contributed by atoms with Crippen LogP contribution in [0.2, 0.25) is 0 Å². The molecule has 4 rings (SSSR count). The minimum atomic E-state index is -1.11. The Morgan fingerprint density at radius 2 is 1.36 bits per heavy atom. The first-order valence-corrected chi connectivity index (χ1v) is 33.9. The second-order valence-corrected chi connectivity index (χ2v) is 27.0. The number of ether oxygens (including phenoxy) is 3. The van der Waals surface area contributed by atoms with Gasteiger partial charge in [-0.2, -0.15) is 0 Å². The first kappa shape index (κ1) is 79.8. The van der Waals surface area contributed by atoms with Crippen molar-refractivity contribution in [2.24, 2.45) is 47.2 Å². The summed E-state index contributed by atoms with van der Waals surface area (Å²) in [5.41, 5.74) is 7.10. The Balaban J connectivity index is 1.37. The minimum Gasteiger partial charge on any atom is -0.445 e. The van der Waals surface area contributed by atoms with Gasteiger partial charge in [0.05, 0.1) is 42.7 Å². The van der Waals surface area contributed by atoms with Crippen molar-refractivity contribution in [2.75, 3.05) is 53.3 Å². The summed E-state index contributed by atoms with van der Waals surface area (Å²) in [7, 11) is 6.16. The van der Waals surface area contributed by atoms with Gasteiger partial charge >= 0.3 is 12.1 Å². The Hall–Kier alpha value is -7.67. The van der Waals surface area contributed by atoms with Crippen LogP contribution in [0.4, 0.5) is 15.3 Å². The molecule has 2 fully saturated rings. The SMILES string of the molecule is CC[C@H](C)[C@@H]([C@@H](CC(=O)N1CCC[C@H]1[C@H](OC)[C@@H](C)C(=O)N[C@H](C)c1ccccc1)OC)N(C)C(=O)[C@@H](NC(=O)[C@H](C(C)C)N(C)C(=O)OCc1ccc(NC(=O)[C@H](CCCNC(N)=O)NC(=O)[C@@H](NC(=O)CCCCCN2C(=O)CC(C(C)C)C2=O)C(C)C)cc1)C(C)C. The number of rotatable bonds is 38. The summed E-state index contributed by atoms with van der Waals surface area (Å²) in [5, 5.41) is 16.9. The summed E-state index contributed by atoms with van der Waals surface area (Å²) in [5.74, 6) is -5.45.